The van der Waals surface area contributed by atoms with Gasteiger partial charge in [0.2, 0.25) is 0 Å². The van der Waals surface area contributed by atoms with Crippen molar-refractivity contribution < 1.29 is 14.3 Å². The quantitative estimate of drug-likeness (QED) is 0.470. The number of anilines is 2. The Balaban J connectivity index is 1.52. The fraction of sp³-hybridized carbons (Fsp3) is 0.241. The number of fused-ring (bicyclic) bond motifs is 2. The number of amides is 2. The van der Waals surface area contributed by atoms with Gasteiger partial charge < -0.3 is 20.3 Å². The number of hydrogen-bond donors (Lipinski definition) is 2. The van der Waals surface area contributed by atoms with Crippen molar-refractivity contribution in [2.24, 2.45) is 0 Å². The molecule has 3 aromatic carbocycles. The summed E-state index contributed by atoms with van der Waals surface area (Å²) >= 11 is 0. The third kappa shape index (κ3) is 4.64. The van der Waals surface area contributed by atoms with Crippen LogP contribution in [0.25, 0.3) is 11.3 Å². The Morgan fingerprint density at radius 2 is 1.71 bits per heavy atom. The van der Waals surface area contributed by atoms with Crippen LogP contribution in [0.15, 0.2) is 72.8 Å². The number of ether oxygens (including phenoxy) is 1. The van der Waals surface area contributed by atoms with Gasteiger partial charge in [0.25, 0.3) is 5.91 Å². The van der Waals surface area contributed by atoms with Crippen LogP contribution in [0.4, 0.5) is 16.2 Å². The maximum absolute atomic E-state index is 13.1. The van der Waals surface area contributed by atoms with Crippen molar-refractivity contribution in [2.45, 2.75) is 39.3 Å². The van der Waals surface area contributed by atoms with Crippen LogP contribution in [0, 0.1) is 0 Å². The number of benzene rings is 3. The fourth-order valence-electron chi connectivity index (χ4n) is 4.59. The van der Waals surface area contributed by atoms with Gasteiger partial charge in [-0.3, -0.25) is 4.79 Å². The number of carbonyl (C=O) groups excluding carboxylic acids is 2. The highest BCUT2D eigenvalue weighted by molar-refractivity contribution is 6.37. The van der Waals surface area contributed by atoms with E-state index in [0.717, 1.165) is 39.3 Å². The zero-order chi connectivity index (χ0) is 24.6. The van der Waals surface area contributed by atoms with E-state index in [-0.39, 0.29) is 12.0 Å². The largest absolute Gasteiger partial charge is 0.444 e. The van der Waals surface area contributed by atoms with E-state index in [1.807, 2.05) is 93.6 Å². The summed E-state index contributed by atoms with van der Waals surface area (Å²) in [5.41, 5.74) is 6.62. The topological polar surface area (TPSA) is 70.7 Å². The Kier molecular flexibility index (Phi) is 5.81. The molecule has 3 aromatic rings. The summed E-state index contributed by atoms with van der Waals surface area (Å²) in [6, 6.07) is 23.7. The van der Waals surface area contributed by atoms with E-state index in [0.29, 0.717) is 25.1 Å². The molecular formula is C29H29N3O3. The van der Waals surface area contributed by atoms with Gasteiger partial charge in [-0.1, -0.05) is 60.7 Å². The van der Waals surface area contributed by atoms with Gasteiger partial charge in [-0.05, 0) is 56.0 Å². The molecule has 2 N–H and O–H groups in total. The van der Waals surface area contributed by atoms with Crippen molar-refractivity contribution in [1.29, 1.82) is 0 Å². The van der Waals surface area contributed by atoms with Crippen LogP contribution >= 0.6 is 0 Å². The lowest BCUT2D eigenvalue weighted by molar-refractivity contribution is -0.110. The Hall–Kier alpha value is -4.06. The van der Waals surface area contributed by atoms with E-state index in [4.69, 9.17) is 4.74 Å². The molecule has 0 aromatic heterocycles. The van der Waals surface area contributed by atoms with Crippen LogP contribution in [0.2, 0.25) is 0 Å². The maximum Gasteiger partial charge on any atom is 0.410 e. The van der Waals surface area contributed by atoms with Gasteiger partial charge in [-0.25, -0.2) is 4.79 Å². The molecule has 0 aliphatic carbocycles. The summed E-state index contributed by atoms with van der Waals surface area (Å²) in [6.45, 7) is 6.68. The predicted octanol–water partition coefficient (Wildman–Crippen LogP) is 5.91. The molecule has 2 amide bonds. The Morgan fingerprint density at radius 1 is 0.971 bits per heavy atom. The zero-order valence-electron chi connectivity index (χ0n) is 20.2. The minimum atomic E-state index is -0.532. The third-order valence-corrected chi connectivity index (χ3v) is 6.16. The Labute approximate surface area is 205 Å². The van der Waals surface area contributed by atoms with E-state index < -0.39 is 5.60 Å². The molecule has 0 radical (unpaired) electrons. The van der Waals surface area contributed by atoms with Crippen molar-refractivity contribution in [3.63, 3.8) is 0 Å². The van der Waals surface area contributed by atoms with Gasteiger partial charge in [0.15, 0.2) is 0 Å². The summed E-state index contributed by atoms with van der Waals surface area (Å²) < 4.78 is 5.58. The highest BCUT2D eigenvalue weighted by Crippen LogP contribution is 2.38. The van der Waals surface area contributed by atoms with Gasteiger partial charge in [0.1, 0.15) is 5.60 Å². The van der Waals surface area contributed by atoms with E-state index in [1.165, 1.54) is 0 Å². The summed E-state index contributed by atoms with van der Waals surface area (Å²) in [5.74, 6) is -0.126. The number of rotatable bonds is 3. The van der Waals surface area contributed by atoms with Crippen LogP contribution < -0.4 is 10.6 Å². The average molecular weight is 468 g/mol. The smallest absolute Gasteiger partial charge is 0.410 e. The number of hydrogen-bond acceptors (Lipinski definition) is 4. The molecule has 0 fully saturated rings. The standard InChI is InChI=1S/C29H29N3O3/c1-29(2,3)35-28(34)32-17-16-21-20(18-32)12-9-15-23(21)30-26(19-10-5-4-6-11-19)25-22-13-7-8-14-24(22)31-27(25)33/h4-15,30H,16-18H2,1-3H3,(H,31,33). The molecule has 5 rings (SSSR count). The SMILES string of the molecule is CC(C)(C)OC(=O)N1CCc2c(cccc2NC(=C2C(=O)Nc3ccccc32)c2ccccc2)C1. The molecule has 2 heterocycles. The van der Waals surface area contributed by atoms with Gasteiger partial charge in [0.05, 0.1) is 11.3 Å². The zero-order valence-corrected chi connectivity index (χ0v) is 20.2. The van der Waals surface area contributed by atoms with E-state index in [1.54, 1.807) is 4.90 Å². The molecule has 0 atom stereocenters. The van der Waals surface area contributed by atoms with Crippen molar-refractivity contribution in [1.82, 2.24) is 4.90 Å². The van der Waals surface area contributed by atoms with E-state index in [9.17, 15) is 9.59 Å². The summed E-state index contributed by atoms with van der Waals surface area (Å²) in [5, 5.41) is 6.59. The van der Waals surface area contributed by atoms with Gasteiger partial charge in [-0.15, -0.1) is 0 Å². The van der Waals surface area contributed by atoms with Crippen molar-refractivity contribution >= 4 is 34.6 Å². The average Bonchev–Trinajstić information content (AvgIpc) is 3.17. The predicted molar refractivity (Wildman–Crippen MR) is 139 cm³/mol. The molecule has 0 spiro atoms. The number of carbonyl (C=O) groups is 2. The lowest BCUT2D eigenvalue weighted by Gasteiger charge is -2.32. The first-order chi connectivity index (χ1) is 16.8. The second kappa shape index (κ2) is 8.95. The fourth-order valence-corrected chi connectivity index (χ4v) is 4.59. The van der Waals surface area contributed by atoms with Crippen molar-refractivity contribution in [3.05, 3.63) is 95.1 Å². The molecule has 6 nitrogen and oxygen atoms in total. The maximum atomic E-state index is 13.1. The second-order valence-corrected chi connectivity index (χ2v) is 9.84. The minimum absolute atomic E-state index is 0.126. The van der Waals surface area contributed by atoms with Crippen LogP contribution in [-0.4, -0.2) is 29.0 Å². The molecule has 6 heteroatoms. The van der Waals surface area contributed by atoms with Crippen LogP contribution in [0.1, 0.15) is 43.0 Å². The second-order valence-electron chi connectivity index (χ2n) is 9.84. The molecule has 178 valence electrons. The van der Waals surface area contributed by atoms with Crippen molar-refractivity contribution in [3.8, 4) is 0 Å². The highest BCUT2D eigenvalue weighted by atomic mass is 16.6. The first kappa shape index (κ1) is 22.7. The number of para-hydroxylation sites is 1. The van der Waals surface area contributed by atoms with Crippen LogP contribution in [-0.2, 0) is 22.5 Å². The minimum Gasteiger partial charge on any atom is -0.444 e. The monoisotopic (exact) mass is 467 g/mol. The molecule has 35 heavy (non-hydrogen) atoms. The van der Waals surface area contributed by atoms with E-state index >= 15 is 0 Å². The van der Waals surface area contributed by atoms with Gasteiger partial charge >= 0.3 is 6.09 Å². The van der Waals surface area contributed by atoms with Gasteiger partial charge in [-0.2, -0.15) is 0 Å². The van der Waals surface area contributed by atoms with Crippen molar-refractivity contribution in [2.75, 3.05) is 17.2 Å². The van der Waals surface area contributed by atoms with Crippen LogP contribution in [0.5, 0.6) is 0 Å². The summed E-state index contributed by atoms with van der Waals surface area (Å²) in [7, 11) is 0. The Morgan fingerprint density at radius 3 is 2.49 bits per heavy atom. The molecule has 0 bridgehead atoms. The molecule has 2 aliphatic rings. The molecule has 0 saturated heterocycles. The lowest BCUT2D eigenvalue weighted by Crippen LogP contribution is -2.40. The normalized spacial score (nSPS) is 16.2. The lowest BCUT2D eigenvalue weighted by atomic mass is 9.96. The highest BCUT2D eigenvalue weighted by Gasteiger charge is 2.30. The third-order valence-electron chi connectivity index (χ3n) is 6.16. The van der Waals surface area contributed by atoms with E-state index in [2.05, 4.69) is 10.6 Å². The van der Waals surface area contributed by atoms with Crippen LogP contribution in [0.3, 0.4) is 0 Å². The number of nitrogens with one attached hydrogen (secondary N) is 2. The first-order valence-electron chi connectivity index (χ1n) is 11.9. The van der Waals surface area contributed by atoms with Gasteiger partial charge in [0, 0.05) is 30.0 Å². The molecule has 0 saturated carbocycles. The summed E-state index contributed by atoms with van der Waals surface area (Å²) in [4.78, 5) is 27.5. The molecular weight excluding hydrogens is 438 g/mol. The Bertz CT molecular complexity index is 1320. The number of nitrogens with zero attached hydrogens (tertiary/aromatic N) is 1. The first-order valence-corrected chi connectivity index (χ1v) is 11.9. The molecule has 0 unspecified atom stereocenters. The summed E-state index contributed by atoms with van der Waals surface area (Å²) in [6.07, 6.45) is 0.394. The molecule has 2 aliphatic heterocycles.